The maximum Gasteiger partial charge on any atom is 0.242 e. The van der Waals surface area contributed by atoms with Crippen LogP contribution < -0.4 is 5.32 Å². The minimum absolute atomic E-state index is 0.0795. The molecule has 1 aromatic heterocycles. The van der Waals surface area contributed by atoms with E-state index in [2.05, 4.69) is 32.9 Å². The van der Waals surface area contributed by atoms with E-state index in [1.165, 1.54) is 0 Å². The first kappa shape index (κ1) is 16.7. The topological polar surface area (TPSA) is 50.2 Å². The van der Waals surface area contributed by atoms with Gasteiger partial charge in [-0.25, -0.2) is 4.98 Å². The number of aryl methyl sites for hydroxylation is 2. The third-order valence-electron chi connectivity index (χ3n) is 4.76. The molecule has 2 heterocycles. The summed E-state index contributed by atoms with van der Waals surface area (Å²) in [6.07, 6.45) is 3.93. The van der Waals surface area contributed by atoms with E-state index in [1.54, 1.807) is 0 Å². The molecule has 2 atom stereocenters. The largest absolute Gasteiger partial charge is 0.350 e. The first-order valence-corrected chi connectivity index (χ1v) is 8.66. The summed E-state index contributed by atoms with van der Waals surface area (Å²) in [5, 5.41) is 3.25. The number of imidazole rings is 1. The number of carbonyl (C=O) groups is 1. The van der Waals surface area contributed by atoms with Gasteiger partial charge in [-0.2, -0.15) is 0 Å². The summed E-state index contributed by atoms with van der Waals surface area (Å²) in [5.41, 5.74) is 2.08. The van der Waals surface area contributed by atoms with Crippen molar-refractivity contribution in [2.45, 2.75) is 45.3 Å². The van der Waals surface area contributed by atoms with E-state index < -0.39 is 0 Å². The van der Waals surface area contributed by atoms with E-state index in [0.29, 0.717) is 0 Å². The number of rotatable bonds is 5. The average molecular weight is 326 g/mol. The number of nitrogens with one attached hydrogen (secondary N) is 1. The first-order chi connectivity index (χ1) is 11.6. The summed E-state index contributed by atoms with van der Waals surface area (Å²) in [7, 11) is 2.00. The van der Waals surface area contributed by atoms with Gasteiger partial charge >= 0.3 is 0 Å². The third kappa shape index (κ3) is 3.51. The van der Waals surface area contributed by atoms with Crippen LogP contribution in [0.1, 0.15) is 36.5 Å². The fourth-order valence-corrected chi connectivity index (χ4v) is 3.41. The highest BCUT2D eigenvalue weighted by molar-refractivity contribution is 5.83. The molecule has 3 rings (SSSR count). The van der Waals surface area contributed by atoms with Crippen LogP contribution in [0.4, 0.5) is 0 Å². The Morgan fingerprint density at radius 2 is 2.17 bits per heavy atom. The molecular weight excluding hydrogens is 300 g/mol. The highest BCUT2D eigenvalue weighted by Gasteiger charge is 2.28. The van der Waals surface area contributed by atoms with E-state index >= 15 is 0 Å². The zero-order chi connectivity index (χ0) is 17.1. The van der Waals surface area contributed by atoms with Crippen LogP contribution in [-0.2, 0) is 17.8 Å². The van der Waals surface area contributed by atoms with Crippen molar-refractivity contribution in [3.8, 4) is 0 Å². The lowest BCUT2D eigenvalue weighted by Crippen LogP contribution is -2.46. The average Bonchev–Trinajstić information content (AvgIpc) is 2.95. The predicted molar refractivity (Wildman–Crippen MR) is 94.7 cm³/mol. The maximum absolute atomic E-state index is 13.0. The van der Waals surface area contributed by atoms with Crippen molar-refractivity contribution in [1.29, 1.82) is 0 Å². The SMILES string of the molecule is CCN(C)[C@@H](C(=O)N[C@H]1CCc2nc(C)cn2C1)c1ccccc1. The second-order valence-electron chi connectivity index (χ2n) is 6.58. The fraction of sp³-hybridized carbons (Fsp3) is 0.474. The Morgan fingerprint density at radius 1 is 1.42 bits per heavy atom. The number of carbonyl (C=O) groups excluding carboxylic acids is 1. The number of hydrogen-bond acceptors (Lipinski definition) is 3. The van der Waals surface area contributed by atoms with Gasteiger partial charge in [0.1, 0.15) is 11.9 Å². The monoisotopic (exact) mass is 326 g/mol. The third-order valence-corrected chi connectivity index (χ3v) is 4.76. The van der Waals surface area contributed by atoms with Crippen molar-refractivity contribution in [3.63, 3.8) is 0 Å². The van der Waals surface area contributed by atoms with Gasteiger partial charge in [-0.3, -0.25) is 9.69 Å². The van der Waals surface area contributed by atoms with Gasteiger partial charge in [0.2, 0.25) is 5.91 Å². The zero-order valence-corrected chi connectivity index (χ0v) is 14.7. The first-order valence-electron chi connectivity index (χ1n) is 8.66. The summed E-state index contributed by atoms with van der Waals surface area (Å²) in [5.74, 6) is 1.21. The number of likely N-dealkylation sites (N-methyl/N-ethyl adjacent to an activating group) is 1. The molecule has 0 aliphatic carbocycles. The molecule has 1 N–H and O–H groups in total. The lowest BCUT2D eigenvalue weighted by atomic mass is 10.0. The Labute approximate surface area is 143 Å². The molecule has 5 heteroatoms. The summed E-state index contributed by atoms with van der Waals surface area (Å²) >= 11 is 0. The summed E-state index contributed by atoms with van der Waals surface area (Å²) in [6.45, 7) is 5.71. The Kier molecular flexibility index (Phi) is 5.00. The van der Waals surface area contributed by atoms with Gasteiger partial charge in [0.15, 0.2) is 0 Å². The second-order valence-corrected chi connectivity index (χ2v) is 6.58. The van der Waals surface area contributed by atoms with Crippen molar-refractivity contribution in [2.75, 3.05) is 13.6 Å². The lowest BCUT2D eigenvalue weighted by Gasteiger charge is -2.30. The summed E-state index contributed by atoms with van der Waals surface area (Å²) < 4.78 is 2.17. The molecule has 1 aliphatic rings. The van der Waals surface area contributed by atoms with Crippen LogP contribution in [0.15, 0.2) is 36.5 Å². The standard InChI is InChI=1S/C19H26N4O/c1-4-22(3)18(15-8-6-5-7-9-15)19(24)21-16-10-11-17-20-14(2)12-23(17)13-16/h5-9,12,16,18H,4,10-11,13H2,1-3H3,(H,21,24)/t16-,18+/m0/s1. The molecule has 2 aromatic rings. The van der Waals surface area contributed by atoms with Crippen molar-refractivity contribution in [3.05, 3.63) is 53.6 Å². The van der Waals surface area contributed by atoms with E-state index in [4.69, 9.17) is 0 Å². The maximum atomic E-state index is 13.0. The van der Waals surface area contributed by atoms with Crippen molar-refractivity contribution in [2.24, 2.45) is 0 Å². The van der Waals surface area contributed by atoms with E-state index in [1.807, 2.05) is 44.3 Å². The molecule has 24 heavy (non-hydrogen) atoms. The highest BCUT2D eigenvalue weighted by atomic mass is 16.2. The Morgan fingerprint density at radius 3 is 2.88 bits per heavy atom. The molecule has 0 saturated carbocycles. The molecule has 0 unspecified atom stereocenters. The van der Waals surface area contributed by atoms with Gasteiger partial charge in [0.05, 0.1) is 5.69 Å². The molecule has 0 fully saturated rings. The van der Waals surface area contributed by atoms with Gasteiger partial charge in [0, 0.05) is 25.2 Å². The molecule has 0 spiro atoms. The number of benzene rings is 1. The van der Waals surface area contributed by atoms with Gasteiger partial charge in [-0.15, -0.1) is 0 Å². The molecular formula is C19H26N4O. The second kappa shape index (κ2) is 7.18. The Bertz CT molecular complexity index is 695. The van der Waals surface area contributed by atoms with Crippen molar-refractivity contribution in [1.82, 2.24) is 19.8 Å². The lowest BCUT2D eigenvalue weighted by molar-refractivity contribution is -0.127. The molecule has 0 bridgehead atoms. The van der Waals surface area contributed by atoms with Crippen LogP contribution in [0, 0.1) is 6.92 Å². The number of hydrogen-bond donors (Lipinski definition) is 1. The van der Waals surface area contributed by atoms with Crippen LogP contribution in [0.5, 0.6) is 0 Å². The number of fused-ring (bicyclic) bond motifs is 1. The van der Waals surface area contributed by atoms with Crippen molar-refractivity contribution >= 4 is 5.91 Å². The van der Waals surface area contributed by atoms with Gasteiger partial charge in [-0.1, -0.05) is 37.3 Å². The minimum atomic E-state index is -0.248. The van der Waals surface area contributed by atoms with Crippen LogP contribution in [0.25, 0.3) is 0 Å². The van der Waals surface area contributed by atoms with E-state index in [0.717, 1.165) is 43.0 Å². The molecule has 0 radical (unpaired) electrons. The smallest absolute Gasteiger partial charge is 0.242 e. The Balaban J connectivity index is 1.72. The predicted octanol–water partition coefficient (Wildman–Crippen LogP) is 2.32. The normalized spacial score (nSPS) is 18.2. The number of amides is 1. The quantitative estimate of drug-likeness (QED) is 0.917. The molecule has 1 aromatic carbocycles. The van der Waals surface area contributed by atoms with Gasteiger partial charge in [0.25, 0.3) is 0 Å². The molecule has 5 nitrogen and oxygen atoms in total. The fourth-order valence-electron chi connectivity index (χ4n) is 3.41. The van der Waals surface area contributed by atoms with Gasteiger partial charge in [-0.05, 0) is 32.5 Å². The number of aromatic nitrogens is 2. The molecule has 0 saturated heterocycles. The van der Waals surface area contributed by atoms with E-state index in [9.17, 15) is 4.79 Å². The Hall–Kier alpha value is -2.14. The zero-order valence-electron chi connectivity index (χ0n) is 14.7. The van der Waals surface area contributed by atoms with Gasteiger partial charge < -0.3 is 9.88 Å². The summed E-state index contributed by atoms with van der Waals surface area (Å²) in [4.78, 5) is 19.6. The van der Waals surface area contributed by atoms with Crippen LogP contribution in [0.2, 0.25) is 0 Å². The highest BCUT2D eigenvalue weighted by Crippen LogP contribution is 2.21. The van der Waals surface area contributed by atoms with Crippen LogP contribution >= 0.6 is 0 Å². The number of nitrogens with zero attached hydrogens (tertiary/aromatic N) is 3. The minimum Gasteiger partial charge on any atom is -0.350 e. The summed E-state index contributed by atoms with van der Waals surface area (Å²) in [6, 6.07) is 9.91. The van der Waals surface area contributed by atoms with Crippen LogP contribution in [-0.4, -0.2) is 40.0 Å². The molecule has 128 valence electrons. The van der Waals surface area contributed by atoms with E-state index in [-0.39, 0.29) is 18.0 Å². The molecule has 1 aliphatic heterocycles. The van der Waals surface area contributed by atoms with Crippen LogP contribution in [0.3, 0.4) is 0 Å². The molecule has 1 amide bonds. The van der Waals surface area contributed by atoms with Crippen molar-refractivity contribution < 1.29 is 4.79 Å².